The smallest absolute Gasteiger partial charge is 0.253 e. The second kappa shape index (κ2) is 7.00. The minimum atomic E-state index is 0.129. The number of aromatic nitrogens is 1. The number of benzene rings is 2. The number of anilines is 1. The largest absolute Gasteiger partial charge is 0.345 e. The van der Waals surface area contributed by atoms with E-state index in [1.807, 2.05) is 43.0 Å². The first-order chi connectivity index (χ1) is 12.5. The Morgan fingerprint density at radius 1 is 1.04 bits per heavy atom. The molecule has 6 heteroatoms. The molecular formula is C20H20BrN3OS. The molecule has 0 spiro atoms. The van der Waals surface area contributed by atoms with Gasteiger partial charge >= 0.3 is 0 Å². The molecule has 1 fully saturated rings. The van der Waals surface area contributed by atoms with Crippen LogP contribution in [-0.4, -0.2) is 42.0 Å². The summed E-state index contributed by atoms with van der Waals surface area (Å²) in [5, 5.41) is 1.04. The molecule has 4 nitrogen and oxygen atoms in total. The van der Waals surface area contributed by atoms with E-state index in [1.54, 1.807) is 11.3 Å². The van der Waals surface area contributed by atoms with Gasteiger partial charge in [-0.1, -0.05) is 44.5 Å². The minimum absolute atomic E-state index is 0.129. The standard InChI is InChI=1S/C20H20BrN3OS/c1-13-9-14(2)11-15(10-13)19(25)23-5-7-24(8-6-23)20-22-17-4-3-16(21)12-18(17)26-20/h3-4,9-12H,5-8H2,1-2H3. The lowest BCUT2D eigenvalue weighted by Gasteiger charge is -2.34. The number of aryl methyl sites for hydroxylation is 2. The van der Waals surface area contributed by atoms with Gasteiger partial charge in [0.1, 0.15) is 0 Å². The molecule has 0 N–H and O–H groups in total. The fraction of sp³-hybridized carbons (Fsp3) is 0.300. The predicted octanol–water partition coefficient (Wildman–Crippen LogP) is 4.64. The van der Waals surface area contributed by atoms with Gasteiger partial charge in [-0.15, -0.1) is 0 Å². The van der Waals surface area contributed by atoms with Crippen molar-refractivity contribution in [2.75, 3.05) is 31.1 Å². The van der Waals surface area contributed by atoms with Crippen LogP contribution in [0.25, 0.3) is 10.2 Å². The summed E-state index contributed by atoms with van der Waals surface area (Å²) in [4.78, 5) is 21.8. The van der Waals surface area contributed by atoms with E-state index in [0.717, 1.165) is 58.0 Å². The van der Waals surface area contributed by atoms with Gasteiger partial charge in [-0.05, 0) is 44.2 Å². The van der Waals surface area contributed by atoms with Gasteiger partial charge in [-0.3, -0.25) is 4.79 Å². The molecule has 4 rings (SSSR count). The summed E-state index contributed by atoms with van der Waals surface area (Å²) < 4.78 is 2.26. The monoisotopic (exact) mass is 429 g/mol. The molecule has 1 aliphatic rings. The number of rotatable bonds is 2. The molecule has 1 aromatic heterocycles. The Morgan fingerprint density at radius 3 is 2.42 bits per heavy atom. The number of carbonyl (C=O) groups is 1. The maximum atomic E-state index is 12.8. The molecule has 0 unspecified atom stereocenters. The molecule has 0 bridgehead atoms. The molecule has 0 radical (unpaired) electrons. The van der Waals surface area contributed by atoms with Crippen LogP contribution in [0.4, 0.5) is 5.13 Å². The highest BCUT2D eigenvalue weighted by molar-refractivity contribution is 9.10. The molecule has 134 valence electrons. The minimum Gasteiger partial charge on any atom is -0.345 e. The zero-order valence-electron chi connectivity index (χ0n) is 14.8. The van der Waals surface area contributed by atoms with Crippen molar-refractivity contribution in [2.45, 2.75) is 13.8 Å². The van der Waals surface area contributed by atoms with E-state index in [9.17, 15) is 4.79 Å². The fourth-order valence-electron chi connectivity index (χ4n) is 3.40. The lowest BCUT2D eigenvalue weighted by Crippen LogP contribution is -2.48. The van der Waals surface area contributed by atoms with Crippen molar-refractivity contribution in [3.05, 3.63) is 57.6 Å². The molecule has 1 saturated heterocycles. The van der Waals surface area contributed by atoms with E-state index >= 15 is 0 Å². The number of amides is 1. The second-order valence-electron chi connectivity index (χ2n) is 6.76. The van der Waals surface area contributed by atoms with E-state index < -0.39 is 0 Å². The van der Waals surface area contributed by atoms with Gasteiger partial charge in [-0.25, -0.2) is 4.98 Å². The van der Waals surface area contributed by atoms with E-state index in [0.29, 0.717) is 0 Å². The maximum absolute atomic E-state index is 12.8. The Morgan fingerprint density at radius 2 is 1.73 bits per heavy atom. The summed E-state index contributed by atoms with van der Waals surface area (Å²) in [7, 11) is 0. The summed E-state index contributed by atoms with van der Waals surface area (Å²) in [5.74, 6) is 0.129. The first-order valence-electron chi connectivity index (χ1n) is 8.68. The van der Waals surface area contributed by atoms with Gasteiger partial charge in [0.15, 0.2) is 5.13 Å². The average molecular weight is 430 g/mol. The first-order valence-corrected chi connectivity index (χ1v) is 10.3. The third-order valence-corrected chi connectivity index (χ3v) is 6.22. The van der Waals surface area contributed by atoms with E-state index in [2.05, 4.69) is 33.0 Å². The summed E-state index contributed by atoms with van der Waals surface area (Å²) in [5.41, 5.74) is 4.09. The van der Waals surface area contributed by atoms with E-state index in [4.69, 9.17) is 4.98 Å². The van der Waals surface area contributed by atoms with Crippen molar-refractivity contribution in [3.8, 4) is 0 Å². The Kier molecular flexibility index (Phi) is 4.71. The Labute approximate surface area is 165 Å². The Balaban J connectivity index is 1.47. The van der Waals surface area contributed by atoms with Gasteiger partial charge in [0.25, 0.3) is 5.91 Å². The highest BCUT2D eigenvalue weighted by Gasteiger charge is 2.24. The predicted molar refractivity (Wildman–Crippen MR) is 111 cm³/mol. The van der Waals surface area contributed by atoms with Crippen molar-refractivity contribution >= 4 is 48.5 Å². The zero-order valence-corrected chi connectivity index (χ0v) is 17.2. The Bertz CT molecular complexity index is 956. The number of hydrogen-bond acceptors (Lipinski definition) is 4. The second-order valence-corrected chi connectivity index (χ2v) is 8.69. The van der Waals surface area contributed by atoms with Crippen LogP contribution in [0, 0.1) is 13.8 Å². The van der Waals surface area contributed by atoms with E-state index in [1.165, 1.54) is 4.70 Å². The highest BCUT2D eigenvalue weighted by atomic mass is 79.9. The molecule has 26 heavy (non-hydrogen) atoms. The topological polar surface area (TPSA) is 36.4 Å². The van der Waals surface area contributed by atoms with Crippen molar-refractivity contribution in [1.82, 2.24) is 9.88 Å². The van der Waals surface area contributed by atoms with Crippen LogP contribution >= 0.6 is 27.3 Å². The molecule has 0 atom stereocenters. The van der Waals surface area contributed by atoms with Crippen LogP contribution < -0.4 is 4.90 Å². The third kappa shape index (κ3) is 3.48. The molecule has 0 saturated carbocycles. The van der Waals surface area contributed by atoms with Gasteiger partial charge < -0.3 is 9.80 Å². The quantitative estimate of drug-likeness (QED) is 0.595. The van der Waals surface area contributed by atoms with Gasteiger partial charge in [0, 0.05) is 36.2 Å². The highest BCUT2D eigenvalue weighted by Crippen LogP contribution is 2.31. The van der Waals surface area contributed by atoms with Crippen molar-refractivity contribution in [1.29, 1.82) is 0 Å². The molecule has 3 aromatic rings. The van der Waals surface area contributed by atoms with Crippen molar-refractivity contribution < 1.29 is 4.79 Å². The molecule has 1 aliphatic heterocycles. The van der Waals surface area contributed by atoms with Gasteiger partial charge in [0.05, 0.1) is 10.2 Å². The van der Waals surface area contributed by atoms with Crippen molar-refractivity contribution in [3.63, 3.8) is 0 Å². The van der Waals surface area contributed by atoms with E-state index in [-0.39, 0.29) is 5.91 Å². The number of carbonyl (C=O) groups excluding carboxylic acids is 1. The summed E-state index contributed by atoms with van der Waals surface area (Å²) in [6.45, 7) is 7.16. The van der Waals surface area contributed by atoms with Crippen LogP contribution in [-0.2, 0) is 0 Å². The summed E-state index contributed by atoms with van der Waals surface area (Å²) >= 11 is 5.22. The first kappa shape index (κ1) is 17.5. The van der Waals surface area contributed by atoms with Crippen molar-refractivity contribution in [2.24, 2.45) is 0 Å². The molecular weight excluding hydrogens is 410 g/mol. The molecule has 0 aliphatic carbocycles. The number of nitrogens with zero attached hydrogens (tertiary/aromatic N) is 3. The van der Waals surface area contributed by atoms with Gasteiger partial charge in [-0.2, -0.15) is 0 Å². The lowest BCUT2D eigenvalue weighted by atomic mass is 10.1. The maximum Gasteiger partial charge on any atom is 0.253 e. The van der Waals surface area contributed by atoms with Crippen LogP contribution in [0.2, 0.25) is 0 Å². The van der Waals surface area contributed by atoms with Crippen LogP contribution in [0.15, 0.2) is 40.9 Å². The lowest BCUT2D eigenvalue weighted by molar-refractivity contribution is 0.0746. The molecule has 2 aromatic carbocycles. The van der Waals surface area contributed by atoms with Gasteiger partial charge in [0.2, 0.25) is 0 Å². The number of halogens is 1. The van der Waals surface area contributed by atoms with Crippen LogP contribution in [0.1, 0.15) is 21.5 Å². The summed E-state index contributed by atoms with van der Waals surface area (Å²) in [6.07, 6.45) is 0. The summed E-state index contributed by atoms with van der Waals surface area (Å²) in [6, 6.07) is 12.2. The van der Waals surface area contributed by atoms with Crippen LogP contribution in [0.3, 0.4) is 0 Å². The number of thiazole rings is 1. The number of hydrogen-bond donors (Lipinski definition) is 0. The molecule has 1 amide bonds. The Hall–Kier alpha value is -1.92. The SMILES string of the molecule is Cc1cc(C)cc(C(=O)N2CCN(c3nc4ccc(Br)cc4s3)CC2)c1. The third-order valence-electron chi connectivity index (χ3n) is 4.65. The fourth-order valence-corrected chi connectivity index (χ4v) is 4.97. The van der Waals surface area contributed by atoms with Crippen LogP contribution in [0.5, 0.6) is 0 Å². The number of fused-ring (bicyclic) bond motifs is 1. The number of piperazine rings is 1. The average Bonchev–Trinajstić information content (AvgIpc) is 3.03. The normalized spacial score (nSPS) is 14.9. The molecule has 2 heterocycles. The zero-order chi connectivity index (χ0) is 18.3.